The number of hydrogen-bond acceptors (Lipinski definition) is 2. The van der Waals surface area contributed by atoms with Crippen molar-refractivity contribution in [2.75, 3.05) is 0 Å². The average molecular weight is 248 g/mol. The molecule has 0 heterocycles. The maximum atomic E-state index is 10.1. The van der Waals surface area contributed by atoms with Gasteiger partial charge < -0.3 is 10.2 Å². The second-order valence-electron chi connectivity index (χ2n) is 3.09. The molecule has 0 aliphatic rings. The Morgan fingerprint density at radius 3 is 2.00 bits per heavy atom. The predicted octanol–water partition coefficient (Wildman–Crippen LogP) is 0.755. The van der Waals surface area contributed by atoms with Crippen molar-refractivity contribution < 1.29 is 19.8 Å². The van der Waals surface area contributed by atoms with Crippen molar-refractivity contribution in [1.82, 2.24) is 0 Å². The molecule has 6 heteroatoms. The van der Waals surface area contributed by atoms with E-state index in [0.29, 0.717) is 6.42 Å². The SMILES string of the molecule is O=C(O)C=CCCCCCCC(=O)O.[NaH].[NaH]. The third-order valence-corrected chi connectivity index (χ3v) is 1.77. The molecule has 0 aliphatic heterocycles. The molecule has 0 rings (SSSR count). The van der Waals surface area contributed by atoms with Gasteiger partial charge in [-0.1, -0.05) is 18.9 Å². The minimum absolute atomic E-state index is 0. The number of rotatable bonds is 8. The summed E-state index contributed by atoms with van der Waals surface area (Å²) in [6.45, 7) is 0. The molecule has 0 bridgehead atoms. The normalized spacial score (nSPS) is 9.25. The standard InChI is InChI=1S/C10H16O4.2Na.2H/c11-9(12)7-5-3-1-2-4-6-8-10(13)14;;;;/h5,7H,1-4,6,8H2,(H,11,12)(H,13,14);;;;. The molecule has 2 N–H and O–H groups in total. The van der Waals surface area contributed by atoms with Crippen LogP contribution in [0.5, 0.6) is 0 Å². The molecule has 0 radical (unpaired) electrons. The molecule has 0 aromatic rings. The molecule has 0 saturated carbocycles. The average Bonchev–Trinajstić information content (AvgIpc) is 2.08. The van der Waals surface area contributed by atoms with Crippen LogP contribution in [0.1, 0.15) is 38.5 Å². The Bertz CT molecular complexity index is 217. The van der Waals surface area contributed by atoms with Crippen molar-refractivity contribution in [2.45, 2.75) is 38.5 Å². The first-order valence-corrected chi connectivity index (χ1v) is 4.74. The van der Waals surface area contributed by atoms with Gasteiger partial charge in [-0.15, -0.1) is 0 Å². The van der Waals surface area contributed by atoms with Gasteiger partial charge in [0.2, 0.25) is 0 Å². The quantitative estimate of drug-likeness (QED) is 0.378. The topological polar surface area (TPSA) is 74.6 Å². The summed E-state index contributed by atoms with van der Waals surface area (Å²) in [5.74, 6) is -1.67. The van der Waals surface area contributed by atoms with Crippen molar-refractivity contribution >= 4 is 71.1 Å². The van der Waals surface area contributed by atoms with Crippen molar-refractivity contribution in [1.29, 1.82) is 0 Å². The van der Waals surface area contributed by atoms with Gasteiger partial charge in [0.25, 0.3) is 0 Å². The molecule has 0 amide bonds. The third-order valence-electron chi connectivity index (χ3n) is 1.77. The van der Waals surface area contributed by atoms with Gasteiger partial charge in [-0.2, -0.15) is 0 Å². The molecular weight excluding hydrogens is 230 g/mol. The van der Waals surface area contributed by atoms with Gasteiger partial charge in [-0.05, 0) is 19.3 Å². The van der Waals surface area contributed by atoms with E-state index in [1.807, 2.05) is 0 Å². The van der Waals surface area contributed by atoms with Crippen LogP contribution >= 0.6 is 0 Å². The Balaban J connectivity index is -0.000000845. The van der Waals surface area contributed by atoms with Crippen molar-refractivity contribution in [3.05, 3.63) is 12.2 Å². The Labute approximate surface area is 140 Å². The molecule has 0 aromatic heterocycles. The predicted molar refractivity (Wildman–Crippen MR) is 66.4 cm³/mol. The third kappa shape index (κ3) is 20.1. The van der Waals surface area contributed by atoms with E-state index in [1.54, 1.807) is 6.08 Å². The van der Waals surface area contributed by atoms with Gasteiger partial charge in [0.05, 0.1) is 0 Å². The van der Waals surface area contributed by atoms with E-state index in [2.05, 4.69) is 0 Å². The van der Waals surface area contributed by atoms with E-state index in [9.17, 15) is 9.59 Å². The van der Waals surface area contributed by atoms with Gasteiger partial charge in [0, 0.05) is 12.5 Å². The fraction of sp³-hybridized carbons (Fsp3) is 0.600. The molecule has 16 heavy (non-hydrogen) atoms. The zero-order valence-corrected chi connectivity index (χ0v) is 8.11. The summed E-state index contributed by atoms with van der Waals surface area (Å²) in [6, 6.07) is 0. The van der Waals surface area contributed by atoms with Crippen LogP contribution in [-0.4, -0.2) is 81.3 Å². The zero-order chi connectivity index (χ0) is 10.8. The van der Waals surface area contributed by atoms with E-state index in [0.717, 1.165) is 31.8 Å². The zero-order valence-electron chi connectivity index (χ0n) is 8.11. The fourth-order valence-corrected chi connectivity index (χ4v) is 1.08. The molecule has 0 saturated heterocycles. The van der Waals surface area contributed by atoms with Crippen LogP contribution in [0.2, 0.25) is 0 Å². The van der Waals surface area contributed by atoms with E-state index >= 15 is 0 Å². The van der Waals surface area contributed by atoms with Gasteiger partial charge in [0.15, 0.2) is 0 Å². The molecule has 0 aromatic carbocycles. The second kappa shape index (κ2) is 15.7. The molecule has 84 valence electrons. The number of carbonyl (C=O) groups is 2. The van der Waals surface area contributed by atoms with E-state index in [-0.39, 0.29) is 65.5 Å². The Hall–Kier alpha value is 0.680. The summed E-state index contributed by atoms with van der Waals surface area (Å²) in [4.78, 5) is 20.2. The molecule has 0 fully saturated rings. The van der Waals surface area contributed by atoms with Gasteiger partial charge in [-0.25, -0.2) is 4.79 Å². The summed E-state index contributed by atoms with van der Waals surface area (Å²) in [6.07, 6.45) is 7.22. The summed E-state index contributed by atoms with van der Waals surface area (Å²) < 4.78 is 0. The Morgan fingerprint density at radius 2 is 1.50 bits per heavy atom. The van der Waals surface area contributed by atoms with Crippen LogP contribution in [0.15, 0.2) is 12.2 Å². The van der Waals surface area contributed by atoms with Crippen LogP contribution in [0.3, 0.4) is 0 Å². The van der Waals surface area contributed by atoms with Gasteiger partial charge >= 0.3 is 71.1 Å². The van der Waals surface area contributed by atoms with Crippen LogP contribution in [0.4, 0.5) is 0 Å². The Morgan fingerprint density at radius 1 is 0.938 bits per heavy atom. The first kappa shape index (κ1) is 21.9. The van der Waals surface area contributed by atoms with Crippen LogP contribution in [0.25, 0.3) is 0 Å². The molecule has 0 unspecified atom stereocenters. The first-order valence-electron chi connectivity index (χ1n) is 4.74. The Kier molecular flexibility index (Phi) is 21.5. The summed E-state index contributed by atoms with van der Waals surface area (Å²) in [5, 5.41) is 16.6. The molecule has 4 nitrogen and oxygen atoms in total. The monoisotopic (exact) mass is 248 g/mol. The molecular formula is C10H18Na2O4. The first-order chi connectivity index (χ1) is 6.63. The number of hydrogen-bond donors (Lipinski definition) is 2. The van der Waals surface area contributed by atoms with Crippen molar-refractivity contribution in [3.8, 4) is 0 Å². The summed E-state index contributed by atoms with van der Waals surface area (Å²) in [5.41, 5.74) is 0. The van der Waals surface area contributed by atoms with Crippen LogP contribution in [0, 0.1) is 0 Å². The molecule has 0 aliphatic carbocycles. The number of carboxylic acid groups (broad SMARTS) is 2. The number of carboxylic acids is 2. The number of allylic oxidation sites excluding steroid dienone is 1. The molecule has 0 atom stereocenters. The number of unbranched alkanes of at least 4 members (excludes halogenated alkanes) is 4. The van der Waals surface area contributed by atoms with Crippen LogP contribution < -0.4 is 0 Å². The van der Waals surface area contributed by atoms with Crippen molar-refractivity contribution in [3.63, 3.8) is 0 Å². The maximum absolute atomic E-state index is 10.1. The van der Waals surface area contributed by atoms with E-state index in [4.69, 9.17) is 10.2 Å². The van der Waals surface area contributed by atoms with E-state index in [1.165, 1.54) is 0 Å². The van der Waals surface area contributed by atoms with Crippen LogP contribution in [-0.2, 0) is 9.59 Å². The van der Waals surface area contributed by atoms with Gasteiger partial charge in [0.1, 0.15) is 0 Å². The number of aliphatic carboxylic acids is 2. The molecule has 0 spiro atoms. The van der Waals surface area contributed by atoms with Gasteiger partial charge in [-0.3, -0.25) is 4.79 Å². The summed E-state index contributed by atoms with van der Waals surface area (Å²) in [7, 11) is 0. The second-order valence-corrected chi connectivity index (χ2v) is 3.09. The fourth-order valence-electron chi connectivity index (χ4n) is 1.08. The minimum atomic E-state index is -0.920. The van der Waals surface area contributed by atoms with Crippen molar-refractivity contribution in [2.24, 2.45) is 0 Å². The van der Waals surface area contributed by atoms with E-state index < -0.39 is 11.9 Å². The summed E-state index contributed by atoms with van der Waals surface area (Å²) >= 11 is 0.